The van der Waals surface area contributed by atoms with E-state index in [1.54, 1.807) is 31.2 Å². The molecule has 0 atom stereocenters. The molecule has 0 aromatic carbocycles. The molecule has 0 saturated carbocycles. The summed E-state index contributed by atoms with van der Waals surface area (Å²) in [6.07, 6.45) is 3.43. The zero-order chi connectivity index (χ0) is 17.4. The van der Waals surface area contributed by atoms with E-state index in [-0.39, 0.29) is 23.7 Å². The number of carbonyl (C=O) groups excluding carboxylic acids is 1. The Morgan fingerprint density at radius 3 is 2.75 bits per heavy atom. The minimum atomic E-state index is -0.252. The summed E-state index contributed by atoms with van der Waals surface area (Å²) < 4.78 is 3.94. The maximum atomic E-state index is 12.5. The van der Waals surface area contributed by atoms with Gasteiger partial charge in [-0.3, -0.25) is 19.3 Å². The average Bonchev–Trinajstić information content (AvgIpc) is 2.80. The number of carbonyl (C=O) groups is 1. The van der Waals surface area contributed by atoms with Crippen molar-refractivity contribution >= 4 is 38.6 Å². The van der Waals surface area contributed by atoms with Crippen LogP contribution in [0.2, 0.25) is 0 Å². The van der Waals surface area contributed by atoms with Crippen LogP contribution in [0.4, 0.5) is 5.82 Å². The number of pyridine rings is 2. The van der Waals surface area contributed by atoms with E-state index in [1.165, 1.54) is 4.57 Å². The molecule has 1 amide bonds. The standard InChI is InChI=1S/C16H16BrN5O2/c1-9-4-12-14(16(24)21(9)2)15(20-22(12)3)19-13(23)6-10-5-11(17)8-18-7-10/h4-5,7-8H,6H2,1-3H3,(H,19,20,23). The number of amides is 1. The van der Waals surface area contributed by atoms with E-state index >= 15 is 0 Å². The first-order valence-corrected chi connectivity index (χ1v) is 8.08. The molecule has 0 aliphatic carbocycles. The lowest BCUT2D eigenvalue weighted by molar-refractivity contribution is -0.115. The van der Waals surface area contributed by atoms with Crippen LogP contribution in [0.3, 0.4) is 0 Å². The second-order valence-corrected chi connectivity index (χ2v) is 6.53. The molecule has 7 nitrogen and oxygen atoms in total. The molecule has 3 aromatic heterocycles. The first-order chi connectivity index (χ1) is 11.4. The van der Waals surface area contributed by atoms with Crippen molar-refractivity contribution < 1.29 is 4.79 Å². The number of hydrogen-bond acceptors (Lipinski definition) is 4. The van der Waals surface area contributed by atoms with Crippen molar-refractivity contribution in [2.45, 2.75) is 13.3 Å². The number of nitrogens with one attached hydrogen (secondary N) is 1. The highest BCUT2D eigenvalue weighted by Crippen LogP contribution is 2.20. The number of anilines is 1. The van der Waals surface area contributed by atoms with Crippen LogP contribution < -0.4 is 10.9 Å². The van der Waals surface area contributed by atoms with Crippen LogP contribution in [0.1, 0.15) is 11.3 Å². The van der Waals surface area contributed by atoms with Crippen molar-refractivity contribution in [2.75, 3.05) is 5.32 Å². The first-order valence-electron chi connectivity index (χ1n) is 7.29. The van der Waals surface area contributed by atoms with Crippen LogP contribution in [-0.2, 0) is 25.3 Å². The zero-order valence-electron chi connectivity index (χ0n) is 13.5. The SMILES string of the molecule is Cc1cc2c(c(NC(=O)Cc3cncc(Br)c3)nn2C)c(=O)n1C. The highest BCUT2D eigenvalue weighted by molar-refractivity contribution is 9.10. The van der Waals surface area contributed by atoms with Gasteiger partial charge in [0.05, 0.1) is 11.9 Å². The molecule has 0 spiro atoms. The number of aromatic nitrogens is 4. The van der Waals surface area contributed by atoms with Crippen molar-refractivity contribution in [1.29, 1.82) is 0 Å². The summed E-state index contributed by atoms with van der Waals surface area (Å²) in [6, 6.07) is 3.70. The molecule has 24 heavy (non-hydrogen) atoms. The van der Waals surface area contributed by atoms with Crippen LogP contribution in [0.15, 0.2) is 33.8 Å². The van der Waals surface area contributed by atoms with Crippen molar-refractivity contribution in [3.05, 3.63) is 50.6 Å². The Labute approximate surface area is 146 Å². The molecule has 3 heterocycles. The molecule has 8 heteroatoms. The van der Waals surface area contributed by atoms with E-state index in [0.29, 0.717) is 10.9 Å². The molecule has 124 valence electrons. The Balaban J connectivity index is 1.94. The smallest absolute Gasteiger partial charge is 0.263 e. The average molecular weight is 390 g/mol. The van der Waals surface area contributed by atoms with Gasteiger partial charge in [-0.1, -0.05) is 0 Å². The molecule has 3 aromatic rings. The van der Waals surface area contributed by atoms with Gasteiger partial charge >= 0.3 is 0 Å². The normalized spacial score (nSPS) is 11.0. The third-order valence-corrected chi connectivity index (χ3v) is 4.30. The number of rotatable bonds is 3. The Morgan fingerprint density at radius 2 is 2.04 bits per heavy atom. The molecule has 0 bridgehead atoms. The van der Waals surface area contributed by atoms with Crippen LogP contribution in [-0.4, -0.2) is 25.2 Å². The zero-order valence-corrected chi connectivity index (χ0v) is 15.1. The molecule has 0 aliphatic rings. The van der Waals surface area contributed by atoms with Gasteiger partial charge in [0.15, 0.2) is 5.82 Å². The molecule has 0 unspecified atom stereocenters. The summed E-state index contributed by atoms with van der Waals surface area (Å²) in [7, 11) is 3.44. The van der Waals surface area contributed by atoms with Crippen molar-refractivity contribution in [1.82, 2.24) is 19.3 Å². The largest absolute Gasteiger partial charge is 0.315 e. The Bertz CT molecular complexity index is 1010. The second-order valence-electron chi connectivity index (χ2n) is 5.62. The van der Waals surface area contributed by atoms with Crippen LogP contribution in [0, 0.1) is 6.92 Å². The summed E-state index contributed by atoms with van der Waals surface area (Å²) in [6.45, 7) is 1.85. The van der Waals surface area contributed by atoms with Crippen LogP contribution >= 0.6 is 15.9 Å². The summed E-state index contributed by atoms with van der Waals surface area (Å²) in [5, 5.41) is 7.42. The first kappa shape index (κ1) is 16.4. The maximum absolute atomic E-state index is 12.5. The van der Waals surface area contributed by atoms with Gasteiger partial charge in [-0.15, -0.1) is 0 Å². The minimum absolute atomic E-state index is 0.149. The number of aryl methyl sites for hydroxylation is 2. The Hall–Kier alpha value is -2.48. The van der Waals surface area contributed by atoms with Crippen molar-refractivity contribution in [3.8, 4) is 0 Å². The Kier molecular flexibility index (Phi) is 4.23. The lowest BCUT2D eigenvalue weighted by Crippen LogP contribution is -2.21. The third kappa shape index (κ3) is 2.96. The van der Waals surface area contributed by atoms with E-state index in [2.05, 4.69) is 31.3 Å². The van der Waals surface area contributed by atoms with E-state index in [1.807, 2.05) is 19.1 Å². The highest BCUT2D eigenvalue weighted by atomic mass is 79.9. The summed E-state index contributed by atoms with van der Waals surface area (Å²) >= 11 is 3.33. The van der Waals surface area contributed by atoms with Gasteiger partial charge in [-0.2, -0.15) is 5.10 Å². The van der Waals surface area contributed by atoms with Crippen LogP contribution in [0.5, 0.6) is 0 Å². The number of halogens is 1. The highest BCUT2D eigenvalue weighted by Gasteiger charge is 2.17. The monoisotopic (exact) mass is 389 g/mol. The van der Waals surface area contributed by atoms with E-state index in [4.69, 9.17) is 0 Å². The molecule has 0 radical (unpaired) electrons. The van der Waals surface area contributed by atoms with E-state index in [0.717, 1.165) is 15.7 Å². The number of nitrogens with zero attached hydrogens (tertiary/aromatic N) is 4. The topological polar surface area (TPSA) is 81.8 Å². The molecule has 0 aliphatic heterocycles. The van der Waals surface area contributed by atoms with Crippen molar-refractivity contribution in [3.63, 3.8) is 0 Å². The fourth-order valence-corrected chi connectivity index (χ4v) is 2.95. The molecule has 3 rings (SSSR count). The van der Waals surface area contributed by atoms with Gasteiger partial charge in [0.2, 0.25) is 5.91 Å². The fraction of sp³-hybridized carbons (Fsp3) is 0.250. The lowest BCUT2D eigenvalue weighted by Gasteiger charge is -2.05. The summed E-state index contributed by atoms with van der Waals surface area (Å²) in [5.41, 5.74) is 2.10. The van der Waals surface area contributed by atoms with Gasteiger partial charge < -0.3 is 9.88 Å². The molecular weight excluding hydrogens is 374 g/mol. The predicted octanol–water partition coefficient (Wildman–Crippen LogP) is 1.92. The summed E-state index contributed by atoms with van der Waals surface area (Å²) in [5.74, 6) is 0.0265. The van der Waals surface area contributed by atoms with E-state index < -0.39 is 0 Å². The molecule has 0 saturated heterocycles. The lowest BCUT2D eigenvalue weighted by atomic mass is 10.2. The fourth-order valence-electron chi connectivity index (χ4n) is 2.54. The number of hydrogen-bond donors (Lipinski definition) is 1. The molecular formula is C16H16BrN5O2. The van der Waals surface area contributed by atoms with Gasteiger partial charge in [0, 0.05) is 36.7 Å². The molecule has 0 fully saturated rings. The van der Waals surface area contributed by atoms with Gasteiger partial charge in [0.25, 0.3) is 5.56 Å². The minimum Gasteiger partial charge on any atom is -0.315 e. The van der Waals surface area contributed by atoms with Crippen molar-refractivity contribution in [2.24, 2.45) is 14.1 Å². The maximum Gasteiger partial charge on any atom is 0.263 e. The second kappa shape index (κ2) is 6.20. The van der Waals surface area contributed by atoms with Gasteiger partial charge in [0.1, 0.15) is 5.39 Å². The van der Waals surface area contributed by atoms with E-state index in [9.17, 15) is 9.59 Å². The van der Waals surface area contributed by atoms with Crippen LogP contribution in [0.25, 0.3) is 10.9 Å². The predicted molar refractivity (Wildman–Crippen MR) is 95.0 cm³/mol. The Morgan fingerprint density at radius 1 is 1.29 bits per heavy atom. The quantitative estimate of drug-likeness (QED) is 0.741. The molecule has 1 N–H and O–H groups in total. The van der Waals surface area contributed by atoms with Gasteiger partial charge in [-0.25, -0.2) is 0 Å². The van der Waals surface area contributed by atoms with Gasteiger partial charge in [-0.05, 0) is 40.5 Å². The third-order valence-electron chi connectivity index (χ3n) is 3.87. The summed E-state index contributed by atoms with van der Waals surface area (Å²) in [4.78, 5) is 28.8. The number of fused-ring (bicyclic) bond motifs is 1.